The molecule has 0 saturated carbocycles. The second kappa shape index (κ2) is 7.51. The first kappa shape index (κ1) is 17.2. The predicted octanol–water partition coefficient (Wildman–Crippen LogP) is 0.586. The Labute approximate surface area is 145 Å². The number of amides is 1. The molecule has 3 rings (SSSR count). The zero-order chi connectivity index (χ0) is 17.8. The first-order chi connectivity index (χ1) is 12.0. The number of aliphatic carboxylic acids is 1. The third-order valence-corrected chi connectivity index (χ3v) is 4.47. The van der Waals surface area contributed by atoms with Gasteiger partial charge in [0.1, 0.15) is 6.10 Å². The lowest BCUT2D eigenvalue weighted by atomic mass is 10.2. The van der Waals surface area contributed by atoms with Crippen molar-refractivity contribution in [1.29, 1.82) is 5.26 Å². The Balaban J connectivity index is 1.51. The molecule has 0 spiro atoms. The van der Waals surface area contributed by atoms with Crippen LogP contribution in [0.25, 0.3) is 0 Å². The minimum absolute atomic E-state index is 0.0682. The fraction of sp³-hybridized carbons (Fsp3) is 0.471. The molecule has 2 aliphatic heterocycles. The van der Waals surface area contributed by atoms with Gasteiger partial charge in [-0.05, 0) is 24.3 Å². The summed E-state index contributed by atoms with van der Waals surface area (Å²) in [6.07, 6.45) is -0.589. The summed E-state index contributed by atoms with van der Waals surface area (Å²) in [6.45, 7) is 4.10. The van der Waals surface area contributed by atoms with Crippen molar-refractivity contribution in [3.05, 3.63) is 29.8 Å². The summed E-state index contributed by atoms with van der Waals surface area (Å²) in [7, 11) is 0. The number of anilines is 1. The SMILES string of the molecule is N#Cc1ccc(N2CC(CN3CCN(CC(=O)O)CC3)OC2=O)cc1. The van der Waals surface area contributed by atoms with Crippen molar-refractivity contribution in [2.24, 2.45) is 0 Å². The lowest BCUT2D eigenvalue weighted by Crippen LogP contribution is -2.50. The molecule has 25 heavy (non-hydrogen) atoms. The fourth-order valence-corrected chi connectivity index (χ4v) is 3.15. The molecule has 1 amide bonds. The maximum absolute atomic E-state index is 12.1. The largest absolute Gasteiger partial charge is 0.480 e. The van der Waals surface area contributed by atoms with E-state index in [9.17, 15) is 9.59 Å². The average molecular weight is 344 g/mol. The van der Waals surface area contributed by atoms with Crippen LogP contribution in [0, 0.1) is 11.3 Å². The highest BCUT2D eigenvalue weighted by Gasteiger charge is 2.34. The molecule has 0 bridgehead atoms. The molecule has 8 nitrogen and oxygen atoms in total. The van der Waals surface area contributed by atoms with Crippen LogP contribution in [0.3, 0.4) is 0 Å². The molecule has 1 unspecified atom stereocenters. The van der Waals surface area contributed by atoms with Crippen molar-refractivity contribution in [2.45, 2.75) is 6.10 Å². The van der Waals surface area contributed by atoms with Crippen LogP contribution in [-0.4, -0.2) is 78.9 Å². The van der Waals surface area contributed by atoms with E-state index in [0.29, 0.717) is 31.7 Å². The van der Waals surface area contributed by atoms with E-state index >= 15 is 0 Å². The van der Waals surface area contributed by atoms with Gasteiger partial charge in [-0.1, -0.05) is 0 Å². The summed E-state index contributed by atoms with van der Waals surface area (Å²) in [6, 6.07) is 8.89. The second-order valence-electron chi connectivity index (χ2n) is 6.25. The topological polar surface area (TPSA) is 97.1 Å². The van der Waals surface area contributed by atoms with Gasteiger partial charge in [0.2, 0.25) is 0 Å². The monoisotopic (exact) mass is 344 g/mol. The number of carboxylic acid groups (broad SMARTS) is 1. The van der Waals surface area contributed by atoms with Gasteiger partial charge in [-0.3, -0.25) is 19.5 Å². The molecule has 1 aromatic carbocycles. The van der Waals surface area contributed by atoms with Gasteiger partial charge in [-0.15, -0.1) is 0 Å². The minimum Gasteiger partial charge on any atom is -0.480 e. The first-order valence-electron chi connectivity index (χ1n) is 8.20. The summed E-state index contributed by atoms with van der Waals surface area (Å²) in [4.78, 5) is 28.5. The van der Waals surface area contributed by atoms with E-state index in [2.05, 4.69) is 11.0 Å². The van der Waals surface area contributed by atoms with Gasteiger partial charge < -0.3 is 9.84 Å². The molecule has 1 aromatic rings. The van der Waals surface area contributed by atoms with Gasteiger partial charge >= 0.3 is 12.1 Å². The van der Waals surface area contributed by atoms with Crippen LogP contribution >= 0.6 is 0 Å². The summed E-state index contributed by atoms with van der Waals surface area (Å²) in [5.41, 5.74) is 1.27. The van der Waals surface area contributed by atoms with Crippen LogP contribution in [0.1, 0.15) is 5.56 Å². The number of cyclic esters (lactones) is 1. The summed E-state index contributed by atoms with van der Waals surface area (Å²) >= 11 is 0. The Bertz CT molecular complexity index is 677. The molecule has 132 valence electrons. The van der Waals surface area contributed by atoms with Crippen molar-refractivity contribution < 1.29 is 19.4 Å². The molecule has 1 N–H and O–H groups in total. The summed E-state index contributed by atoms with van der Waals surface area (Å²) in [5.74, 6) is -0.809. The molecular weight excluding hydrogens is 324 g/mol. The molecule has 0 aliphatic carbocycles. The van der Waals surface area contributed by atoms with Gasteiger partial charge in [0, 0.05) is 38.4 Å². The fourth-order valence-electron chi connectivity index (χ4n) is 3.15. The Morgan fingerprint density at radius 3 is 2.44 bits per heavy atom. The van der Waals surface area contributed by atoms with E-state index < -0.39 is 5.97 Å². The second-order valence-corrected chi connectivity index (χ2v) is 6.25. The summed E-state index contributed by atoms with van der Waals surface area (Å²) < 4.78 is 5.45. The van der Waals surface area contributed by atoms with Crippen molar-refractivity contribution in [1.82, 2.24) is 9.80 Å². The highest BCUT2D eigenvalue weighted by molar-refractivity contribution is 5.89. The number of hydrogen-bond acceptors (Lipinski definition) is 6. The highest BCUT2D eigenvalue weighted by atomic mass is 16.6. The number of rotatable bonds is 5. The lowest BCUT2D eigenvalue weighted by molar-refractivity contribution is -0.138. The molecule has 2 heterocycles. The zero-order valence-corrected chi connectivity index (χ0v) is 13.8. The van der Waals surface area contributed by atoms with Crippen LogP contribution in [0.2, 0.25) is 0 Å². The highest BCUT2D eigenvalue weighted by Crippen LogP contribution is 2.22. The molecule has 0 radical (unpaired) electrons. The number of carboxylic acids is 1. The van der Waals surface area contributed by atoms with E-state index in [0.717, 1.165) is 18.8 Å². The van der Waals surface area contributed by atoms with Crippen molar-refractivity contribution in [3.63, 3.8) is 0 Å². The first-order valence-corrected chi connectivity index (χ1v) is 8.20. The molecule has 1 atom stereocenters. The van der Waals surface area contributed by atoms with Gasteiger partial charge in [0.15, 0.2) is 0 Å². The number of carbonyl (C=O) groups is 2. The number of nitrogens with zero attached hydrogens (tertiary/aromatic N) is 4. The third-order valence-electron chi connectivity index (χ3n) is 4.47. The minimum atomic E-state index is -0.809. The maximum atomic E-state index is 12.1. The molecule has 8 heteroatoms. The Morgan fingerprint density at radius 2 is 1.84 bits per heavy atom. The predicted molar refractivity (Wildman–Crippen MR) is 89.3 cm³/mol. The number of piperazine rings is 1. The smallest absolute Gasteiger partial charge is 0.414 e. The molecule has 2 fully saturated rings. The van der Waals surface area contributed by atoms with E-state index in [4.69, 9.17) is 15.1 Å². The van der Waals surface area contributed by atoms with Crippen molar-refractivity contribution in [2.75, 3.05) is 50.7 Å². The quantitative estimate of drug-likeness (QED) is 0.835. The summed E-state index contributed by atoms with van der Waals surface area (Å²) in [5, 5.41) is 17.7. The number of carbonyl (C=O) groups excluding carboxylic acids is 1. The van der Waals surface area contributed by atoms with Crippen molar-refractivity contribution in [3.8, 4) is 6.07 Å². The van der Waals surface area contributed by atoms with Crippen LogP contribution < -0.4 is 4.90 Å². The van der Waals surface area contributed by atoms with Crippen LogP contribution in [0.5, 0.6) is 0 Å². The van der Waals surface area contributed by atoms with E-state index in [1.165, 1.54) is 0 Å². The average Bonchev–Trinajstić information content (AvgIpc) is 2.96. The standard InChI is InChI=1S/C17H20N4O4/c18-9-13-1-3-14(4-2-13)21-11-15(25-17(21)24)10-19-5-7-20(8-6-19)12-16(22)23/h1-4,15H,5-8,10-12H2,(H,22,23). The Kier molecular flexibility index (Phi) is 5.16. The Morgan fingerprint density at radius 1 is 1.20 bits per heavy atom. The Hall–Kier alpha value is -2.63. The molecular formula is C17H20N4O4. The molecule has 2 saturated heterocycles. The van der Waals surface area contributed by atoms with Crippen molar-refractivity contribution >= 4 is 17.7 Å². The van der Waals surface area contributed by atoms with E-state index in [-0.39, 0.29) is 18.7 Å². The van der Waals surface area contributed by atoms with Crippen LogP contribution in [0.15, 0.2) is 24.3 Å². The van der Waals surface area contributed by atoms with Crippen LogP contribution in [0.4, 0.5) is 10.5 Å². The number of hydrogen-bond donors (Lipinski definition) is 1. The zero-order valence-electron chi connectivity index (χ0n) is 13.8. The van der Waals surface area contributed by atoms with Gasteiger partial charge in [-0.25, -0.2) is 4.79 Å². The molecule has 2 aliphatic rings. The normalized spacial score (nSPS) is 21.8. The van der Waals surface area contributed by atoms with E-state index in [1.54, 1.807) is 29.2 Å². The number of benzene rings is 1. The molecule has 0 aromatic heterocycles. The van der Waals surface area contributed by atoms with Crippen LogP contribution in [-0.2, 0) is 9.53 Å². The van der Waals surface area contributed by atoms with Gasteiger partial charge in [-0.2, -0.15) is 5.26 Å². The lowest BCUT2D eigenvalue weighted by Gasteiger charge is -2.34. The van der Waals surface area contributed by atoms with E-state index in [1.807, 2.05) is 4.90 Å². The third kappa shape index (κ3) is 4.26. The number of ether oxygens (including phenoxy) is 1. The maximum Gasteiger partial charge on any atom is 0.414 e. The van der Waals surface area contributed by atoms with Gasteiger partial charge in [0.25, 0.3) is 0 Å². The number of nitriles is 1. The van der Waals surface area contributed by atoms with Gasteiger partial charge in [0.05, 0.1) is 24.7 Å².